The average Bonchev–Trinajstić information content (AvgIpc) is 3.61. The van der Waals surface area contributed by atoms with Crippen molar-refractivity contribution in [2.24, 2.45) is 12.8 Å². The summed E-state index contributed by atoms with van der Waals surface area (Å²) in [4.78, 5) is 22.7. The number of piperidine rings is 1. The van der Waals surface area contributed by atoms with Crippen molar-refractivity contribution in [1.82, 2.24) is 24.2 Å². The Bertz CT molecular complexity index is 1570. The van der Waals surface area contributed by atoms with Gasteiger partial charge >= 0.3 is 0 Å². The first-order valence-electron chi connectivity index (χ1n) is 14.0. The summed E-state index contributed by atoms with van der Waals surface area (Å²) in [7, 11) is 1.81. The van der Waals surface area contributed by atoms with E-state index in [1.807, 2.05) is 31.3 Å². The molecule has 9 nitrogen and oxygen atoms in total. The highest BCUT2D eigenvalue weighted by atomic mass is 35.5. The molecular formula is C30H38Cl3N7O2. The molecule has 2 aliphatic rings. The molecular weight excluding hydrogens is 597 g/mol. The van der Waals surface area contributed by atoms with E-state index >= 15 is 0 Å². The van der Waals surface area contributed by atoms with E-state index in [9.17, 15) is 9.90 Å². The van der Waals surface area contributed by atoms with Crippen LogP contribution in [0.4, 0.5) is 5.69 Å². The zero-order chi connectivity index (χ0) is 27.9. The number of aryl methyl sites for hydroxylation is 1. The minimum absolute atomic E-state index is 0. The van der Waals surface area contributed by atoms with E-state index in [1.165, 1.54) is 29.4 Å². The highest BCUT2D eigenvalue weighted by Gasteiger charge is 2.33. The van der Waals surface area contributed by atoms with Crippen molar-refractivity contribution in [2.45, 2.75) is 50.9 Å². The summed E-state index contributed by atoms with van der Waals surface area (Å²) in [6.07, 6.45) is 5.12. The van der Waals surface area contributed by atoms with Gasteiger partial charge in [0, 0.05) is 62.6 Å². The summed E-state index contributed by atoms with van der Waals surface area (Å²) < 4.78 is 3.19. The predicted molar refractivity (Wildman–Crippen MR) is 173 cm³/mol. The lowest BCUT2D eigenvalue weighted by Crippen LogP contribution is -2.47. The fourth-order valence-electron chi connectivity index (χ4n) is 6.01. The van der Waals surface area contributed by atoms with Crippen LogP contribution >= 0.6 is 36.4 Å². The fourth-order valence-corrected chi connectivity index (χ4v) is 6.24. The fraction of sp³-hybridized carbons (Fsp3) is 0.433. The first kappa shape index (κ1) is 32.3. The van der Waals surface area contributed by atoms with Gasteiger partial charge < -0.3 is 15.7 Å². The van der Waals surface area contributed by atoms with Gasteiger partial charge in [0.25, 0.3) is 5.56 Å². The van der Waals surface area contributed by atoms with Crippen molar-refractivity contribution < 1.29 is 5.11 Å². The molecule has 2 aromatic carbocycles. The maximum atomic E-state index is 13.4. The van der Waals surface area contributed by atoms with Crippen LogP contribution in [0.15, 0.2) is 53.6 Å². The van der Waals surface area contributed by atoms with Gasteiger partial charge in [0.2, 0.25) is 0 Å². The van der Waals surface area contributed by atoms with E-state index in [0.29, 0.717) is 30.4 Å². The molecule has 3 N–H and O–H groups in total. The van der Waals surface area contributed by atoms with Gasteiger partial charge in [-0.3, -0.25) is 18.9 Å². The summed E-state index contributed by atoms with van der Waals surface area (Å²) >= 11 is 6.66. The van der Waals surface area contributed by atoms with Gasteiger partial charge in [-0.15, -0.1) is 24.8 Å². The number of halogens is 3. The Balaban J connectivity index is 0.00000202. The van der Waals surface area contributed by atoms with Gasteiger partial charge in [0.15, 0.2) is 5.52 Å². The van der Waals surface area contributed by atoms with Crippen LogP contribution in [0.2, 0.25) is 5.02 Å². The lowest BCUT2D eigenvalue weighted by atomic mass is 9.91. The topological polar surface area (TPSA) is 105 Å². The molecule has 4 heterocycles. The maximum absolute atomic E-state index is 13.4. The largest absolute Gasteiger partial charge is 0.388 e. The molecule has 4 aromatic rings. The number of nitrogens with two attached hydrogens (primary N) is 1. The van der Waals surface area contributed by atoms with Gasteiger partial charge in [-0.05, 0) is 48.9 Å². The van der Waals surface area contributed by atoms with Gasteiger partial charge in [-0.1, -0.05) is 41.9 Å². The lowest BCUT2D eigenvalue weighted by molar-refractivity contribution is -0.0364. The van der Waals surface area contributed by atoms with Gasteiger partial charge in [-0.25, -0.2) is 4.98 Å². The number of hydrogen-bond donors (Lipinski definition) is 2. The van der Waals surface area contributed by atoms with Crippen molar-refractivity contribution in [3.63, 3.8) is 0 Å². The summed E-state index contributed by atoms with van der Waals surface area (Å²) in [5.74, 6) is 0. The molecule has 0 unspecified atom stereocenters. The third-order valence-electron chi connectivity index (χ3n) is 8.43. The highest BCUT2D eigenvalue weighted by molar-refractivity contribution is 6.31. The third kappa shape index (κ3) is 6.46. The van der Waals surface area contributed by atoms with Crippen molar-refractivity contribution in [2.75, 3.05) is 31.1 Å². The van der Waals surface area contributed by atoms with Crippen LogP contribution in [0.3, 0.4) is 0 Å². The molecule has 0 bridgehead atoms. The van der Waals surface area contributed by atoms with Crippen molar-refractivity contribution in [1.29, 1.82) is 0 Å². The maximum Gasteiger partial charge on any atom is 0.281 e. The zero-order valence-electron chi connectivity index (χ0n) is 23.7. The van der Waals surface area contributed by atoms with Gasteiger partial charge in [0.1, 0.15) is 5.52 Å². The van der Waals surface area contributed by atoms with Crippen LogP contribution in [0.5, 0.6) is 0 Å². The SMILES string of the molecule is Cl.Cl.Cn1nc2c(=O)n(CC3(O)CCN(Cc4ccc(N5CCCC5)cc4Cl)CC3)cnc2c1-c1ccc(CN)cc1. The molecule has 6 rings (SSSR count). The Morgan fingerprint density at radius 1 is 1.00 bits per heavy atom. The van der Waals surface area contributed by atoms with Gasteiger partial charge in [0.05, 0.1) is 24.2 Å². The number of benzene rings is 2. The van der Waals surface area contributed by atoms with E-state index in [2.05, 4.69) is 38.1 Å². The number of nitrogens with zero attached hydrogens (tertiary/aromatic N) is 6. The smallest absolute Gasteiger partial charge is 0.281 e. The molecule has 0 amide bonds. The first-order valence-corrected chi connectivity index (χ1v) is 14.4. The van der Waals surface area contributed by atoms with Crippen LogP contribution in [-0.4, -0.2) is 61.1 Å². The van der Waals surface area contributed by atoms with Crippen molar-refractivity contribution in [3.05, 3.63) is 75.3 Å². The Morgan fingerprint density at radius 2 is 1.69 bits per heavy atom. The summed E-state index contributed by atoms with van der Waals surface area (Å²) in [5.41, 5.74) is 10.4. The summed E-state index contributed by atoms with van der Waals surface area (Å²) in [5, 5.41) is 16.7. The number of rotatable bonds is 7. The average molecular weight is 635 g/mol. The van der Waals surface area contributed by atoms with Crippen LogP contribution in [0.1, 0.15) is 36.8 Å². The molecule has 226 valence electrons. The van der Waals surface area contributed by atoms with Crippen LogP contribution in [-0.2, 0) is 26.7 Å². The van der Waals surface area contributed by atoms with E-state index in [0.717, 1.165) is 60.1 Å². The molecule has 0 atom stereocenters. The monoisotopic (exact) mass is 633 g/mol. The van der Waals surface area contributed by atoms with E-state index in [1.54, 1.807) is 4.68 Å². The molecule has 2 aliphatic heterocycles. The standard InChI is InChI=1S/C30H36ClN7O2.2ClH/c1-35-28(22-6-4-21(17-32)5-7-22)26-27(34-35)29(39)38(20-33-26)19-30(40)10-14-36(15-11-30)18-23-8-9-24(16-25(23)31)37-12-2-3-13-37;;/h4-9,16,20,40H,2-3,10-15,17-19,32H2,1H3;2*1H. The number of hydrogen-bond acceptors (Lipinski definition) is 7. The molecule has 0 radical (unpaired) electrons. The zero-order valence-corrected chi connectivity index (χ0v) is 26.1. The summed E-state index contributed by atoms with van der Waals surface area (Å²) in [6.45, 7) is 5.02. The predicted octanol–water partition coefficient (Wildman–Crippen LogP) is 4.38. The second-order valence-corrected chi connectivity index (χ2v) is 11.6. The molecule has 2 aromatic heterocycles. The molecule has 0 aliphatic carbocycles. The van der Waals surface area contributed by atoms with Gasteiger partial charge in [-0.2, -0.15) is 5.10 Å². The van der Waals surface area contributed by atoms with E-state index < -0.39 is 5.60 Å². The van der Waals surface area contributed by atoms with Crippen LogP contribution in [0.25, 0.3) is 22.3 Å². The Morgan fingerprint density at radius 3 is 2.33 bits per heavy atom. The highest BCUT2D eigenvalue weighted by Crippen LogP contribution is 2.30. The lowest BCUT2D eigenvalue weighted by Gasteiger charge is -2.38. The molecule has 42 heavy (non-hydrogen) atoms. The minimum atomic E-state index is -0.991. The number of aromatic nitrogens is 4. The third-order valence-corrected chi connectivity index (χ3v) is 8.78. The van der Waals surface area contributed by atoms with Crippen LogP contribution in [0, 0.1) is 0 Å². The Hall–Kier alpha value is -2.66. The molecule has 2 saturated heterocycles. The Labute approximate surface area is 263 Å². The second kappa shape index (κ2) is 13.3. The quantitative estimate of drug-likeness (QED) is 0.311. The van der Waals surface area contributed by atoms with Crippen molar-refractivity contribution in [3.8, 4) is 11.3 Å². The second-order valence-electron chi connectivity index (χ2n) is 11.2. The normalized spacial score (nSPS) is 16.8. The molecule has 0 spiro atoms. The van der Waals surface area contributed by atoms with E-state index in [4.69, 9.17) is 17.3 Å². The van der Waals surface area contributed by atoms with Crippen LogP contribution < -0.4 is 16.2 Å². The Kier molecular flexibility index (Phi) is 10.2. The molecule has 0 saturated carbocycles. The van der Waals surface area contributed by atoms with Crippen molar-refractivity contribution >= 4 is 53.1 Å². The first-order chi connectivity index (χ1) is 19.3. The summed E-state index contributed by atoms with van der Waals surface area (Å²) in [6, 6.07) is 14.3. The number of likely N-dealkylation sites (tertiary alicyclic amines) is 1. The molecule has 2 fully saturated rings. The number of fused-ring (bicyclic) bond motifs is 1. The molecule has 12 heteroatoms. The van der Waals surface area contributed by atoms with E-state index in [-0.39, 0.29) is 36.9 Å². The minimum Gasteiger partial charge on any atom is -0.388 e. The number of aliphatic hydroxyl groups is 1. The number of anilines is 1.